The summed E-state index contributed by atoms with van der Waals surface area (Å²) in [6.45, 7) is 6.97. The van der Waals surface area contributed by atoms with Crippen molar-refractivity contribution in [1.82, 2.24) is 15.5 Å². The van der Waals surface area contributed by atoms with E-state index in [9.17, 15) is 4.79 Å². The Labute approximate surface area is 178 Å². The molecule has 0 aromatic heterocycles. The van der Waals surface area contributed by atoms with Crippen molar-refractivity contribution < 1.29 is 9.53 Å². The van der Waals surface area contributed by atoms with E-state index in [-0.39, 0.29) is 5.91 Å². The van der Waals surface area contributed by atoms with E-state index < -0.39 is 0 Å². The minimum Gasteiger partial charge on any atom is -0.495 e. The summed E-state index contributed by atoms with van der Waals surface area (Å²) in [5, 5.41) is 6.06. The summed E-state index contributed by atoms with van der Waals surface area (Å²) in [5.74, 6) is 1.73. The zero-order valence-corrected chi connectivity index (χ0v) is 18.0. The highest BCUT2D eigenvalue weighted by Crippen LogP contribution is 2.28. The Bertz CT molecular complexity index is 875. The molecule has 0 aliphatic carbocycles. The van der Waals surface area contributed by atoms with Crippen LogP contribution in [0.15, 0.2) is 53.5 Å². The van der Waals surface area contributed by atoms with Crippen LogP contribution in [-0.2, 0) is 6.54 Å². The zero-order valence-electron chi connectivity index (χ0n) is 18.0. The van der Waals surface area contributed by atoms with Crippen LogP contribution < -0.4 is 20.3 Å². The molecule has 0 bridgehead atoms. The number of guanidine groups is 1. The number of rotatable bonds is 6. The van der Waals surface area contributed by atoms with E-state index in [1.807, 2.05) is 42.5 Å². The van der Waals surface area contributed by atoms with Crippen LogP contribution in [0.5, 0.6) is 5.75 Å². The maximum Gasteiger partial charge on any atom is 0.251 e. The lowest BCUT2D eigenvalue weighted by Crippen LogP contribution is -2.52. The zero-order chi connectivity index (χ0) is 21.3. The first-order chi connectivity index (χ1) is 14.7. The fourth-order valence-electron chi connectivity index (χ4n) is 3.60. The van der Waals surface area contributed by atoms with Gasteiger partial charge in [0.05, 0.1) is 19.3 Å². The van der Waals surface area contributed by atoms with Gasteiger partial charge in [-0.2, -0.15) is 0 Å². The number of ether oxygens (including phenoxy) is 1. The maximum atomic E-state index is 11.9. The predicted octanol–water partition coefficient (Wildman–Crippen LogP) is 2.34. The predicted molar refractivity (Wildman–Crippen MR) is 121 cm³/mol. The van der Waals surface area contributed by atoms with E-state index >= 15 is 0 Å². The van der Waals surface area contributed by atoms with Gasteiger partial charge in [-0.1, -0.05) is 24.3 Å². The molecule has 1 heterocycles. The van der Waals surface area contributed by atoms with Crippen LogP contribution in [-0.4, -0.2) is 63.6 Å². The van der Waals surface area contributed by atoms with Crippen molar-refractivity contribution in [2.45, 2.75) is 13.5 Å². The topological polar surface area (TPSA) is 69.2 Å². The van der Waals surface area contributed by atoms with Crippen molar-refractivity contribution in [2.24, 2.45) is 4.99 Å². The largest absolute Gasteiger partial charge is 0.495 e. The molecular weight excluding hydrogens is 378 g/mol. The number of methoxy groups -OCH3 is 1. The average Bonchev–Trinajstić information content (AvgIpc) is 2.81. The summed E-state index contributed by atoms with van der Waals surface area (Å²) in [6.07, 6.45) is 0. The normalized spacial score (nSPS) is 14.4. The first-order valence-electron chi connectivity index (χ1n) is 10.4. The minimum atomic E-state index is -0.0831. The van der Waals surface area contributed by atoms with E-state index in [0.717, 1.165) is 55.7 Å². The molecule has 2 N–H and O–H groups in total. The van der Waals surface area contributed by atoms with Crippen LogP contribution in [0.4, 0.5) is 5.69 Å². The Morgan fingerprint density at radius 2 is 1.87 bits per heavy atom. The van der Waals surface area contributed by atoms with E-state index in [4.69, 9.17) is 9.73 Å². The van der Waals surface area contributed by atoms with Gasteiger partial charge in [-0.3, -0.25) is 4.79 Å². The molecule has 0 radical (unpaired) electrons. The molecule has 0 saturated carbocycles. The lowest BCUT2D eigenvalue weighted by atomic mass is 10.1. The molecule has 1 saturated heterocycles. The highest BCUT2D eigenvalue weighted by Gasteiger charge is 2.21. The number of amides is 1. The van der Waals surface area contributed by atoms with Crippen LogP contribution >= 0.6 is 0 Å². The minimum absolute atomic E-state index is 0.0831. The quantitative estimate of drug-likeness (QED) is 0.566. The average molecular weight is 410 g/mol. The van der Waals surface area contributed by atoms with Gasteiger partial charge in [0.1, 0.15) is 5.75 Å². The highest BCUT2D eigenvalue weighted by molar-refractivity contribution is 5.94. The summed E-state index contributed by atoms with van der Waals surface area (Å²) < 4.78 is 5.51. The van der Waals surface area contributed by atoms with Gasteiger partial charge in [-0.05, 0) is 36.8 Å². The Balaban J connectivity index is 1.66. The van der Waals surface area contributed by atoms with Gasteiger partial charge in [0.2, 0.25) is 0 Å². The van der Waals surface area contributed by atoms with Crippen LogP contribution in [0.25, 0.3) is 0 Å². The third kappa shape index (κ3) is 5.23. The Kier molecular flexibility index (Phi) is 7.54. The van der Waals surface area contributed by atoms with Crippen LogP contribution in [0.3, 0.4) is 0 Å². The van der Waals surface area contributed by atoms with Gasteiger partial charge in [0.25, 0.3) is 5.91 Å². The molecule has 1 fully saturated rings. The molecule has 1 aliphatic rings. The smallest absolute Gasteiger partial charge is 0.251 e. The summed E-state index contributed by atoms with van der Waals surface area (Å²) in [7, 11) is 3.35. The van der Waals surface area contributed by atoms with Crippen molar-refractivity contribution in [3.8, 4) is 5.75 Å². The van der Waals surface area contributed by atoms with Crippen molar-refractivity contribution in [1.29, 1.82) is 0 Å². The van der Waals surface area contributed by atoms with Crippen molar-refractivity contribution >= 4 is 17.6 Å². The number of carbonyl (C=O) groups is 1. The number of benzene rings is 2. The van der Waals surface area contributed by atoms with Gasteiger partial charge in [-0.25, -0.2) is 4.99 Å². The van der Waals surface area contributed by atoms with Crippen LogP contribution in [0.2, 0.25) is 0 Å². The summed E-state index contributed by atoms with van der Waals surface area (Å²) in [5.41, 5.74) is 2.80. The van der Waals surface area contributed by atoms with Crippen LogP contribution in [0.1, 0.15) is 22.8 Å². The van der Waals surface area contributed by atoms with Gasteiger partial charge in [0.15, 0.2) is 5.96 Å². The molecule has 3 rings (SSSR count). The van der Waals surface area contributed by atoms with Gasteiger partial charge in [0, 0.05) is 45.3 Å². The molecule has 0 spiro atoms. The van der Waals surface area contributed by atoms with Crippen LogP contribution in [0, 0.1) is 0 Å². The Morgan fingerprint density at radius 1 is 1.10 bits per heavy atom. The Hall–Kier alpha value is -3.22. The number of hydrogen-bond acceptors (Lipinski definition) is 4. The van der Waals surface area contributed by atoms with E-state index in [1.54, 1.807) is 14.2 Å². The Morgan fingerprint density at radius 3 is 2.57 bits per heavy atom. The standard InChI is InChI=1S/C23H31N5O2/c1-4-25-23(26-17-18-8-7-9-19(16-18)22(29)24-2)28-14-12-27(13-15-28)20-10-5-6-11-21(20)30-3/h5-11,16H,4,12-15,17H2,1-3H3,(H,24,29)(H,25,26). The number of anilines is 1. The highest BCUT2D eigenvalue weighted by atomic mass is 16.5. The first kappa shape index (κ1) is 21.5. The fraction of sp³-hybridized carbons (Fsp3) is 0.391. The number of nitrogens with one attached hydrogen (secondary N) is 2. The lowest BCUT2D eigenvalue weighted by Gasteiger charge is -2.38. The van der Waals surface area contributed by atoms with Crippen molar-refractivity contribution in [2.75, 3.05) is 51.8 Å². The number of para-hydroxylation sites is 2. The second-order valence-corrected chi connectivity index (χ2v) is 7.10. The summed E-state index contributed by atoms with van der Waals surface area (Å²) >= 11 is 0. The molecule has 0 atom stereocenters. The molecule has 160 valence electrons. The molecular formula is C23H31N5O2. The molecule has 7 heteroatoms. The SMILES string of the molecule is CCNC(=NCc1cccc(C(=O)NC)c1)N1CCN(c2ccccc2OC)CC1. The number of hydrogen-bond donors (Lipinski definition) is 2. The fourth-order valence-corrected chi connectivity index (χ4v) is 3.60. The lowest BCUT2D eigenvalue weighted by molar-refractivity contribution is 0.0963. The van der Waals surface area contributed by atoms with Gasteiger partial charge >= 0.3 is 0 Å². The summed E-state index contributed by atoms with van der Waals surface area (Å²) in [6, 6.07) is 15.7. The van der Waals surface area contributed by atoms with Gasteiger partial charge < -0.3 is 25.2 Å². The third-order valence-electron chi connectivity index (χ3n) is 5.17. The van der Waals surface area contributed by atoms with Crippen molar-refractivity contribution in [3.63, 3.8) is 0 Å². The van der Waals surface area contributed by atoms with Gasteiger partial charge in [-0.15, -0.1) is 0 Å². The number of carbonyl (C=O) groups excluding carboxylic acids is 1. The molecule has 7 nitrogen and oxygen atoms in total. The molecule has 30 heavy (non-hydrogen) atoms. The second kappa shape index (κ2) is 10.5. The maximum absolute atomic E-state index is 11.9. The third-order valence-corrected chi connectivity index (χ3v) is 5.17. The van der Waals surface area contributed by atoms with E-state index in [0.29, 0.717) is 12.1 Å². The molecule has 1 aliphatic heterocycles. The van der Waals surface area contributed by atoms with E-state index in [1.165, 1.54) is 0 Å². The monoisotopic (exact) mass is 409 g/mol. The second-order valence-electron chi connectivity index (χ2n) is 7.10. The molecule has 2 aromatic carbocycles. The number of aliphatic imine (C=N–C) groups is 1. The number of piperazine rings is 1. The van der Waals surface area contributed by atoms with E-state index in [2.05, 4.69) is 33.4 Å². The van der Waals surface area contributed by atoms with Crippen molar-refractivity contribution in [3.05, 3.63) is 59.7 Å². The molecule has 0 unspecified atom stereocenters. The molecule has 2 aromatic rings. The summed E-state index contributed by atoms with van der Waals surface area (Å²) in [4.78, 5) is 21.3. The molecule has 1 amide bonds. The first-order valence-corrected chi connectivity index (χ1v) is 10.4. The number of nitrogens with zero attached hydrogens (tertiary/aromatic N) is 3.